The molecular weight excluding hydrogens is 272 g/mol. The summed E-state index contributed by atoms with van der Waals surface area (Å²) in [7, 11) is 1.41. The number of benzene rings is 1. The molecule has 2 amide bonds. The van der Waals surface area contributed by atoms with Crippen molar-refractivity contribution in [2.24, 2.45) is 0 Å². The van der Waals surface area contributed by atoms with Crippen LogP contribution in [0, 0.1) is 0 Å². The molecule has 6 heteroatoms. The normalized spacial score (nSPS) is 10.9. The molecule has 6 nitrogen and oxygen atoms in total. The van der Waals surface area contributed by atoms with Crippen molar-refractivity contribution in [1.29, 1.82) is 0 Å². The van der Waals surface area contributed by atoms with Gasteiger partial charge in [-0.15, -0.1) is 0 Å². The molecule has 0 atom stereocenters. The van der Waals surface area contributed by atoms with Crippen LogP contribution >= 0.6 is 0 Å². The van der Waals surface area contributed by atoms with Gasteiger partial charge in [-0.2, -0.15) is 0 Å². The van der Waals surface area contributed by atoms with E-state index in [0.717, 1.165) is 0 Å². The molecule has 21 heavy (non-hydrogen) atoms. The van der Waals surface area contributed by atoms with E-state index in [9.17, 15) is 14.7 Å². The number of phenolic OH excluding ortho intramolecular Hbond substituents is 1. The highest BCUT2D eigenvalue weighted by molar-refractivity contribution is 5.97. The summed E-state index contributed by atoms with van der Waals surface area (Å²) in [6, 6.07) is 4.66. The van der Waals surface area contributed by atoms with Gasteiger partial charge in [0.05, 0.1) is 12.7 Å². The van der Waals surface area contributed by atoms with Crippen LogP contribution in [0.1, 0.15) is 37.6 Å². The van der Waals surface area contributed by atoms with Gasteiger partial charge in [-0.1, -0.05) is 6.07 Å². The molecule has 1 aromatic rings. The third-order valence-electron chi connectivity index (χ3n) is 2.62. The third-order valence-corrected chi connectivity index (χ3v) is 2.62. The smallest absolute Gasteiger partial charge is 0.255 e. The van der Waals surface area contributed by atoms with Crippen molar-refractivity contribution in [2.45, 2.75) is 32.7 Å². The van der Waals surface area contributed by atoms with Gasteiger partial charge in [0.25, 0.3) is 5.91 Å². The Bertz CT molecular complexity index is 521. The molecule has 0 fully saturated rings. The number of hydrogen-bond donors (Lipinski definition) is 3. The number of phenols is 1. The fourth-order valence-corrected chi connectivity index (χ4v) is 1.74. The molecule has 0 aliphatic rings. The molecule has 0 bridgehead atoms. The summed E-state index contributed by atoms with van der Waals surface area (Å²) < 4.78 is 4.94. The highest BCUT2D eigenvalue weighted by Gasteiger charge is 2.16. The lowest BCUT2D eigenvalue weighted by molar-refractivity contribution is -0.122. The number of methoxy groups -OCH3 is 1. The predicted octanol–water partition coefficient (Wildman–Crippen LogP) is 1.44. The van der Waals surface area contributed by atoms with Crippen molar-refractivity contribution >= 4 is 11.8 Å². The maximum Gasteiger partial charge on any atom is 0.255 e. The van der Waals surface area contributed by atoms with Crippen LogP contribution < -0.4 is 15.4 Å². The van der Waals surface area contributed by atoms with E-state index in [1.165, 1.54) is 13.2 Å². The molecule has 0 saturated carbocycles. The van der Waals surface area contributed by atoms with Gasteiger partial charge in [0, 0.05) is 18.5 Å². The second-order valence-electron chi connectivity index (χ2n) is 5.66. The highest BCUT2D eigenvalue weighted by atomic mass is 16.5. The van der Waals surface area contributed by atoms with Gasteiger partial charge < -0.3 is 20.5 Å². The molecule has 0 aliphatic heterocycles. The maximum absolute atomic E-state index is 11.9. The average Bonchev–Trinajstić information content (AvgIpc) is 2.36. The molecule has 3 N–H and O–H groups in total. The molecule has 0 aliphatic carbocycles. The van der Waals surface area contributed by atoms with Crippen LogP contribution in [0.15, 0.2) is 18.2 Å². The molecule has 116 valence electrons. The van der Waals surface area contributed by atoms with E-state index >= 15 is 0 Å². The van der Waals surface area contributed by atoms with Crippen LogP contribution in [0.5, 0.6) is 11.5 Å². The number of carbonyl (C=O) groups is 2. The van der Waals surface area contributed by atoms with Crippen molar-refractivity contribution in [3.8, 4) is 11.5 Å². The lowest BCUT2D eigenvalue weighted by atomic mass is 10.1. The van der Waals surface area contributed by atoms with E-state index in [1.54, 1.807) is 12.1 Å². The van der Waals surface area contributed by atoms with Crippen LogP contribution in [0.2, 0.25) is 0 Å². The molecule has 0 spiro atoms. The summed E-state index contributed by atoms with van der Waals surface area (Å²) in [6.45, 7) is 5.85. The lowest BCUT2D eigenvalue weighted by Gasteiger charge is -2.20. The van der Waals surface area contributed by atoms with Gasteiger partial charge in [0.2, 0.25) is 5.91 Å². The van der Waals surface area contributed by atoms with Gasteiger partial charge in [0.1, 0.15) is 0 Å². The Balaban J connectivity index is 2.54. The summed E-state index contributed by atoms with van der Waals surface area (Å²) in [5.41, 5.74) is -0.183. The van der Waals surface area contributed by atoms with Crippen molar-refractivity contribution in [1.82, 2.24) is 10.6 Å². The van der Waals surface area contributed by atoms with Crippen LogP contribution in [-0.2, 0) is 4.79 Å². The topological polar surface area (TPSA) is 87.7 Å². The van der Waals surface area contributed by atoms with Gasteiger partial charge in [-0.25, -0.2) is 0 Å². The first-order chi connectivity index (χ1) is 9.74. The first-order valence-electron chi connectivity index (χ1n) is 6.70. The average molecular weight is 294 g/mol. The predicted molar refractivity (Wildman–Crippen MR) is 79.5 cm³/mol. The number of para-hydroxylation sites is 1. The van der Waals surface area contributed by atoms with E-state index in [4.69, 9.17) is 4.74 Å². The molecule has 0 unspecified atom stereocenters. The number of ether oxygens (including phenoxy) is 1. The zero-order chi connectivity index (χ0) is 16.0. The van der Waals surface area contributed by atoms with Gasteiger partial charge in [-0.05, 0) is 32.9 Å². The van der Waals surface area contributed by atoms with E-state index in [-0.39, 0.29) is 41.5 Å². The maximum atomic E-state index is 11.9. The summed E-state index contributed by atoms with van der Waals surface area (Å²) in [4.78, 5) is 23.6. The third kappa shape index (κ3) is 5.33. The standard InChI is InChI=1S/C15H22N2O4/c1-15(2,3)17-12(18)8-9-16-14(20)10-6-5-7-11(21-4)13(10)19/h5-7,19H,8-9H2,1-4H3,(H,16,20)(H,17,18). The Morgan fingerprint density at radius 1 is 1.29 bits per heavy atom. The number of hydrogen-bond acceptors (Lipinski definition) is 4. The van der Waals surface area contributed by atoms with E-state index in [2.05, 4.69) is 10.6 Å². The Morgan fingerprint density at radius 2 is 1.95 bits per heavy atom. The quantitative estimate of drug-likeness (QED) is 0.766. The van der Waals surface area contributed by atoms with Crippen molar-refractivity contribution in [2.75, 3.05) is 13.7 Å². The summed E-state index contributed by atoms with van der Waals surface area (Å²) in [6.07, 6.45) is 0.174. The van der Waals surface area contributed by atoms with Crippen LogP contribution in [0.3, 0.4) is 0 Å². The SMILES string of the molecule is COc1cccc(C(=O)NCCC(=O)NC(C)(C)C)c1O. The van der Waals surface area contributed by atoms with Crippen LogP contribution in [0.4, 0.5) is 0 Å². The second kappa shape index (κ2) is 6.97. The monoisotopic (exact) mass is 294 g/mol. The molecular formula is C15H22N2O4. The summed E-state index contributed by atoms with van der Waals surface area (Å²) in [5, 5.41) is 15.3. The fourth-order valence-electron chi connectivity index (χ4n) is 1.74. The van der Waals surface area contributed by atoms with Gasteiger partial charge >= 0.3 is 0 Å². The minimum absolute atomic E-state index is 0.116. The Labute approximate surface area is 124 Å². The minimum Gasteiger partial charge on any atom is -0.504 e. The molecule has 0 radical (unpaired) electrons. The van der Waals surface area contributed by atoms with Crippen molar-refractivity contribution < 1.29 is 19.4 Å². The molecule has 1 rings (SSSR count). The number of rotatable bonds is 5. The van der Waals surface area contributed by atoms with Crippen molar-refractivity contribution in [3.63, 3.8) is 0 Å². The molecule has 0 aromatic heterocycles. The van der Waals surface area contributed by atoms with Crippen molar-refractivity contribution in [3.05, 3.63) is 23.8 Å². The first-order valence-corrected chi connectivity index (χ1v) is 6.70. The molecule has 0 saturated heterocycles. The number of aromatic hydroxyl groups is 1. The van der Waals surface area contributed by atoms with Crippen LogP contribution in [-0.4, -0.2) is 36.1 Å². The number of amides is 2. The zero-order valence-corrected chi connectivity index (χ0v) is 12.8. The van der Waals surface area contributed by atoms with E-state index in [1.807, 2.05) is 20.8 Å². The van der Waals surface area contributed by atoms with E-state index in [0.29, 0.717) is 0 Å². The first kappa shape index (κ1) is 16.8. The zero-order valence-electron chi connectivity index (χ0n) is 12.8. The Kier molecular flexibility index (Phi) is 5.58. The van der Waals surface area contributed by atoms with Gasteiger partial charge in [-0.3, -0.25) is 9.59 Å². The lowest BCUT2D eigenvalue weighted by Crippen LogP contribution is -2.41. The van der Waals surface area contributed by atoms with Crippen LogP contribution in [0.25, 0.3) is 0 Å². The number of carbonyl (C=O) groups excluding carboxylic acids is 2. The molecule has 0 heterocycles. The minimum atomic E-state index is -0.449. The molecule has 1 aromatic carbocycles. The second-order valence-corrected chi connectivity index (χ2v) is 5.66. The largest absolute Gasteiger partial charge is 0.504 e. The summed E-state index contributed by atoms with van der Waals surface area (Å²) in [5.74, 6) is -0.572. The Hall–Kier alpha value is -2.24. The summed E-state index contributed by atoms with van der Waals surface area (Å²) >= 11 is 0. The van der Waals surface area contributed by atoms with Gasteiger partial charge in [0.15, 0.2) is 11.5 Å². The fraction of sp³-hybridized carbons (Fsp3) is 0.467. The number of nitrogens with one attached hydrogen (secondary N) is 2. The Morgan fingerprint density at radius 3 is 2.52 bits per heavy atom. The highest BCUT2D eigenvalue weighted by Crippen LogP contribution is 2.29. The van der Waals surface area contributed by atoms with E-state index < -0.39 is 5.91 Å².